The molecule has 0 unspecified atom stereocenters. The summed E-state index contributed by atoms with van der Waals surface area (Å²) in [7, 11) is 3.15. The van der Waals surface area contributed by atoms with Crippen LogP contribution in [0.3, 0.4) is 0 Å². The number of rotatable bonds is 6. The second kappa shape index (κ2) is 8.44. The maximum Gasteiger partial charge on any atom is 0.323 e. The van der Waals surface area contributed by atoms with Gasteiger partial charge in [0, 0.05) is 19.2 Å². The summed E-state index contributed by atoms with van der Waals surface area (Å²) in [6.07, 6.45) is 4.20. The van der Waals surface area contributed by atoms with E-state index in [2.05, 4.69) is 15.6 Å². The first-order valence-corrected chi connectivity index (χ1v) is 9.80. The van der Waals surface area contributed by atoms with Crippen molar-refractivity contribution in [2.45, 2.75) is 25.7 Å². The van der Waals surface area contributed by atoms with Crippen molar-refractivity contribution in [3.63, 3.8) is 0 Å². The van der Waals surface area contributed by atoms with Crippen LogP contribution >= 0.6 is 0 Å². The molecular formula is C20H23N5O5. The SMILES string of the molecule is COc1ccc(OC)c(Nc2cc(N3CCCCCC3)c([N+](=O)[O-])c3nonc23)c1. The molecular weight excluding hydrogens is 390 g/mol. The maximum atomic E-state index is 11.9. The fraction of sp³-hybridized carbons (Fsp3) is 0.400. The lowest BCUT2D eigenvalue weighted by atomic mass is 10.1. The highest BCUT2D eigenvalue weighted by molar-refractivity contribution is 6.01. The Morgan fingerprint density at radius 1 is 1.03 bits per heavy atom. The quantitative estimate of drug-likeness (QED) is 0.467. The number of aromatic nitrogens is 2. The Bertz CT molecular complexity index is 1060. The van der Waals surface area contributed by atoms with Gasteiger partial charge in [-0.3, -0.25) is 10.1 Å². The number of anilines is 3. The standard InChI is InChI=1S/C20H23N5O5/c1-28-13-7-8-17(29-2)14(11-13)21-15-12-16(24-9-5-3-4-6-10-24)20(25(26)27)19-18(15)22-30-23-19/h7-8,11-12,21H,3-6,9-10H2,1-2H3. The molecule has 1 fully saturated rings. The van der Waals surface area contributed by atoms with Gasteiger partial charge < -0.3 is 19.7 Å². The van der Waals surface area contributed by atoms with Crippen LogP contribution in [0.1, 0.15) is 25.7 Å². The van der Waals surface area contributed by atoms with Crippen LogP contribution in [-0.4, -0.2) is 42.5 Å². The Hall–Kier alpha value is -3.56. The molecule has 0 radical (unpaired) electrons. The van der Waals surface area contributed by atoms with Crippen LogP contribution in [0.2, 0.25) is 0 Å². The molecule has 1 N–H and O–H groups in total. The summed E-state index contributed by atoms with van der Waals surface area (Å²) in [4.78, 5) is 13.6. The molecule has 4 rings (SSSR count). The van der Waals surface area contributed by atoms with E-state index in [1.165, 1.54) is 0 Å². The average molecular weight is 413 g/mol. The fourth-order valence-electron chi connectivity index (χ4n) is 3.80. The molecule has 1 aliphatic rings. The van der Waals surface area contributed by atoms with Crippen LogP contribution in [0.5, 0.6) is 11.5 Å². The molecule has 0 atom stereocenters. The van der Waals surface area contributed by atoms with Crippen LogP contribution in [0.25, 0.3) is 11.0 Å². The number of hydrogen-bond acceptors (Lipinski definition) is 9. The monoisotopic (exact) mass is 413 g/mol. The molecule has 0 bridgehead atoms. The number of nitro groups is 1. The number of ether oxygens (including phenoxy) is 2. The summed E-state index contributed by atoms with van der Waals surface area (Å²) in [5, 5.41) is 23.0. The Morgan fingerprint density at radius 2 is 1.77 bits per heavy atom. The Kier molecular flexibility index (Phi) is 5.55. The summed E-state index contributed by atoms with van der Waals surface area (Å²) < 4.78 is 15.6. The lowest BCUT2D eigenvalue weighted by Gasteiger charge is -2.23. The van der Waals surface area contributed by atoms with Crippen LogP contribution in [-0.2, 0) is 0 Å². The van der Waals surface area contributed by atoms with Crippen molar-refractivity contribution >= 4 is 33.8 Å². The van der Waals surface area contributed by atoms with Crippen LogP contribution < -0.4 is 19.7 Å². The highest BCUT2D eigenvalue weighted by Crippen LogP contribution is 2.42. The van der Waals surface area contributed by atoms with Crippen LogP contribution in [0, 0.1) is 10.1 Å². The first kappa shape index (κ1) is 19.7. The largest absolute Gasteiger partial charge is 0.497 e. The van der Waals surface area contributed by atoms with E-state index < -0.39 is 4.92 Å². The zero-order valence-electron chi connectivity index (χ0n) is 16.9. The third-order valence-corrected chi connectivity index (χ3v) is 5.30. The molecule has 0 amide bonds. The van der Waals surface area contributed by atoms with Crippen molar-refractivity contribution < 1.29 is 19.0 Å². The molecule has 1 aliphatic heterocycles. The van der Waals surface area contributed by atoms with Gasteiger partial charge in [0.2, 0.25) is 5.52 Å². The molecule has 1 aromatic heterocycles. The van der Waals surface area contributed by atoms with Gasteiger partial charge in [-0.05, 0) is 41.4 Å². The molecule has 1 saturated heterocycles. The van der Waals surface area contributed by atoms with E-state index in [1.807, 2.05) is 4.90 Å². The highest BCUT2D eigenvalue weighted by atomic mass is 16.6. The molecule has 30 heavy (non-hydrogen) atoms. The van der Waals surface area contributed by atoms with Crippen molar-refractivity contribution in [2.75, 3.05) is 37.5 Å². The summed E-state index contributed by atoms with van der Waals surface area (Å²) >= 11 is 0. The van der Waals surface area contributed by atoms with Crippen molar-refractivity contribution in [2.24, 2.45) is 0 Å². The van der Waals surface area contributed by atoms with Crippen molar-refractivity contribution in [1.82, 2.24) is 10.3 Å². The highest BCUT2D eigenvalue weighted by Gasteiger charge is 2.29. The Labute approximate surface area is 172 Å². The molecule has 0 saturated carbocycles. The minimum Gasteiger partial charge on any atom is -0.497 e. The van der Waals surface area contributed by atoms with E-state index in [0.29, 0.717) is 28.6 Å². The summed E-state index contributed by atoms with van der Waals surface area (Å²) in [6, 6.07) is 7.09. The number of nitrogens with one attached hydrogen (secondary N) is 1. The normalized spacial score (nSPS) is 14.4. The average Bonchev–Trinajstić information content (AvgIpc) is 3.08. The maximum absolute atomic E-state index is 11.9. The molecule has 2 heterocycles. The first-order chi connectivity index (χ1) is 14.6. The number of methoxy groups -OCH3 is 2. The van der Waals surface area contributed by atoms with E-state index in [4.69, 9.17) is 14.1 Å². The Balaban J connectivity index is 1.85. The topological polar surface area (TPSA) is 116 Å². The number of hydrogen-bond donors (Lipinski definition) is 1. The van der Waals surface area contributed by atoms with Gasteiger partial charge in [0.15, 0.2) is 5.52 Å². The second-order valence-corrected chi connectivity index (χ2v) is 7.10. The molecule has 0 aliphatic carbocycles. The summed E-state index contributed by atoms with van der Waals surface area (Å²) in [6.45, 7) is 1.50. The Morgan fingerprint density at radius 3 is 2.43 bits per heavy atom. The van der Waals surface area contributed by atoms with Gasteiger partial charge in [-0.2, -0.15) is 0 Å². The number of fused-ring (bicyclic) bond motifs is 1. The summed E-state index contributed by atoms with van der Waals surface area (Å²) in [5.74, 6) is 1.23. The van der Waals surface area contributed by atoms with Gasteiger partial charge in [0.25, 0.3) is 0 Å². The van der Waals surface area contributed by atoms with Crippen molar-refractivity contribution in [3.05, 3.63) is 34.4 Å². The van der Waals surface area contributed by atoms with Gasteiger partial charge in [-0.25, -0.2) is 4.63 Å². The predicted molar refractivity (Wildman–Crippen MR) is 112 cm³/mol. The van der Waals surface area contributed by atoms with E-state index in [1.54, 1.807) is 38.5 Å². The van der Waals surface area contributed by atoms with Crippen molar-refractivity contribution in [3.8, 4) is 11.5 Å². The zero-order valence-corrected chi connectivity index (χ0v) is 16.9. The van der Waals surface area contributed by atoms with Gasteiger partial charge >= 0.3 is 5.69 Å². The molecule has 158 valence electrons. The minimum absolute atomic E-state index is 0.0868. The molecule has 10 nitrogen and oxygen atoms in total. The molecule has 2 aromatic carbocycles. The van der Waals surface area contributed by atoms with Crippen molar-refractivity contribution in [1.29, 1.82) is 0 Å². The lowest BCUT2D eigenvalue weighted by Crippen LogP contribution is -2.25. The molecule has 0 spiro atoms. The van der Waals surface area contributed by atoms with Crippen LogP contribution in [0.4, 0.5) is 22.7 Å². The molecule has 10 heteroatoms. The first-order valence-electron chi connectivity index (χ1n) is 9.80. The summed E-state index contributed by atoms with van der Waals surface area (Å²) in [5.41, 5.74) is 2.00. The second-order valence-electron chi connectivity index (χ2n) is 7.10. The zero-order chi connectivity index (χ0) is 21.1. The minimum atomic E-state index is -0.414. The van der Waals surface area contributed by atoms with E-state index >= 15 is 0 Å². The van der Waals surface area contributed by atoms with E-state index in [0.717, 1.165) is 38.8 Å². The van der Waals surface area contributed by atoms with Gasteiger partial charge in [-0.15, -0.1) is 0 Å². The third kappa shape index (κ3) is 3.68. The fourth-order valence-corrected chi connectivity index (χ4v) is 3.80. The molecule has 3 aromatic rings. The predicted octanol–water partition coefficient (Wildman–Crippen LogP) is 4.27. The lowest BCUT2D eigenvalue weighted by molar-refractivity contribution is -0.382. The van der Waals surface area contributed by atoms with Gasteiger partial charge in [0.1, 0.15) is 17.2 Å². The third-order valence-electron chi connectivity index (χ3n) is 5.30. The van der Waals surface area contributed by atoms with Gasteiger partial charge in [-0.1, -0.05) is 12.8 Å². The van der Waals surface area contributed by atoms with E-state index in [-0.39, 0.29) is 16.7 Å². The van der Waals surface area contributed by atoms with Gasteiger partial charge in [0.05, 0.1) is 30.5 Å². The van der Waals surface area contributed by atoms with E-state index in [9.17, 15) is 10.1 Å². The number of nitrogens with zero attached hydrogens (tertiary/aromatic N) is 4. The number of nitro benzene ring substituents is 1. The number of benzene rings is 2. The smallest absolute Gasteiger partial charge is 0.323 e. The van der Waals surface area contributed by atoms with Crippen LogP contribution in [0.15, 0.2) is 28.9 Å².